The van der Waals surface area contributed by atoms with Crippen LogP contribution in [0.1, 0.15) is 5.56 Å². The van der Waals surface area contributed by atoms with Crippen molar-refractivity contribution in [1.29, 1.82) is 0 Å². The van der Waals surface area contributed by atoms with E-state index in [0.29, 0.717) is 4.47 Å². The minimum Gasteiger partial charge on any atom is -0.302 e. The Morgan fingerprint density at radius 3 is 2.11 bits per heavy atom. The molecule has 0 saturated heterocycles. The second-order valence-electron chi connectivity index (χ2n) is 3.63. The predicted molar refractivity (Wildman–Crippen MR) is 65.4 cm³/mol. The molecular formula is C11H10BrF3N2O. The van der Waals surface area contributed by atoms with E-state index in [1.165, 1.54) is 26.2 Å². The van der Waals surface area contributed by atoms with Crippen LogP contribution in [-0.4, -0.2) is 36.8 Å². The van der Waals surface area contributed by atoms with Gasteiger partial charge in [0.1, 0.15) is 5.71 Å². The highest BCUT2D eigenvalue weighted by molar-refractivity contribution is 9.10. The summed E-state index contributed by atoms with van der Waals surface area (Å²) in [6, 6.07) is 5.89. The standard InChI is InChI=1S/C11H10BrF3N2O/c1-17(2)16-9(10(18)11(13,14)15)7-3-5-8(12)6-4-7/h3-6H,1-2H3. The number of rotatable bonds is 3. The van der Waals surface area contributed by atoms with Gasteiger partial charge < -0.3 is 5.01 Å². The molecule has 0 atom stereocenters. The Hall–Kier alpha value is -1.37. The first kappa shape index (κ1) is 14.7. The minimum atomic E-state index is -4.94. The van der Waals surface area contributed by atoms with Gasteiger partial charge in [0.15, 0.2) is 0 Å². The molecule has 0 aromatic heterocycles. The van der Waals surface area contributed by atoms with E-state index in [-0.39, 0.29) is 5.56 Å². The van der Waals surface area contributed by atoms with E-state index in [9.17, 15) is 18.0 Å². The Labute approximate surface area is 110 Å². The van der Waals surface area contributed by atoms with Crippen LogP contribution in [0.2, 0.25) is 0 Å². The molecule has 0 saturated carbocycles. The minimum absolute atomic E-state index is 0.120. The van der Waals surface area contributed by atoms with Crippen LogP contribution in [0.3, 0.4) is 0 Å². The van der Waals surface area contributed by atoms with Gasteiger partial charge in [0.2, 0.25) is 0 Å². The van der Waals surface area contributed by atoms with E-state index in [1.54, 1.807) is 12.1 Å². The van der Waals surface area contributed by atoms with Crippen LogP contribution >= 0.6 is 15.9 Å². The molecule has 0 fully saturated rings. The van der Waals surface area contributed by atoms with Gasteiger partial charge in [0, 0.05) is 24.1 Å². The first-order valence-corrected chi connectivity index (χ1v) is 5.64. The molecule has 0 N–H and O–H groups in total. The summed E-state index contributed by atoms with van der Waals surface area (Å²) in [6.45, 7) is 0. The van der Waals surface area contributed by atoms with Gasteiger partial charge in [0.25, 0.3) is 5.78 Å². The van der Waals surface area contributed by atoms with Crippen molar-refractivity contribution < 1.29 is 18.0 Å². The van der Waals surface area contributed by atoms with Gasteiger partial charge in [-0.1, -0.05) is 28.1 Å². The average molecular weight is 323 g/mol. The topological polar surface area (TPSA) is 32.7 Å². The zero-order valence-electron chi connectivity index (χ0n) is 9.62. The first-order chi connectivity index (χ1) is 8.21. The Bertz CT molecular complexity index is 466. The summed E-state index contributed by atoms with van der Waals surface area (Å²) in [4.78, 5) is 11.3. The zero-order chi connectivity index (χ0) is 13.9. The largest absolute Gasteiger partial charge is 0.456 e. The number of hydrazone groups is 1. The molecule has 0 bridgehead atoms. The van der Waals surface area contributed by atoms with Crippen molar-refractivity contribution in [2.75, 3.05) is 14.1 Å². The summed E-state index contributed by atoms with van der Waals surface area (Å²) in [7, 11) is 2.89. The molecule has 98 valence electrons. The number of benzene rings is 1. The highest BCUT2D eigenvalue weighted by Crippen LogP contribution is 2.20. The summed E-state index contributed by atoms with van der Waals surface area (Å²) >= 11 is 3.16. The van der Waals surface area contributed by atoms with Crippen molar-refractivity contribution in [1.82, 2.24) is 5.01 Å². The molecular weight excluding hydrogens is 313 g/mol. The number of ketones is 1. The van der Waals surface area contributed by atoms with E-state index >= 15 is 0 Å². The molecule has 1 rings (SSSR count). The molecule has 0 unspecified atom stereocenters. The van der Waals surface area contributed by atoms with Gasteiger partial charge in [-0.05, 0) is 12.1 Å². The fourth-order valence-corrected chi connectivity index (χ4v) is 1.44. The summed E-state index contributed by atoms with van der Waals surface area (Å²) in [5, 5.41) is 4.76. The molecule has 7 heteroatoms. The van der Waals surface area contributed by atoms with Crippen molar-refractivity contribution in [3.8, 4) is 0 Å². The Morgan fingerprint density at radius 1 is 1.22 bits per heavy atom. The number of nitrogens with zero attached hydrogens (tertiary/aromatic N) is 2. The average Bonchev–Trinajstić information content (AvgIpc) is 2.25. The normalized spacial score (nSPS) is 12.4. The van der Waals surface area contributed by atoms with E-state index in [4.69, 9.17) is 0 Å². The van der Waals surface area contributed by atoms with E-state index in [1.807, 2.05) is 0 Å². The Morgan fingerprint density at radius 2 is 1.72 bits per heavy atom. The maximum atomic E-state index is 12.5. The third kappa shape index (κ3) is 3.83. The number of alkyl halides is 3. The van der Waals surface area contributed by atoms with Crippen LogP contribution in [0.25, 0.3) is 0 Å². The lowest BCUT2D eigenvalue weighted by molar-refractivity contribution is -0.163. The second-order valence-corrected chi connectivity index (χ2v) is 4.55. The monoisotopic (exact) mass is 322 g/mol. The van der Waals surface area contributed by atoms with Gasteiger partial charge in [-0.25, -0.2) is 0 Å². The van der Waals surface area contributed by atoms with Crippen LogP contribution in [0.5, 0.6) is 0 Å². The summed E-state index contributed by atoms with van der Waals surface area (Å²) in [5.41, 5.74) is -0.505. The number of hydrogen-bond acceptors (Lipinski definition) is 3. The number of halogens is 4. The molecule has 0 spiro atoms. The number of Topliss-reactive ketones (excluding diaryl/α,β-unsaturated/α-hetero) is 1. The van der Waals surface area contributed by atoms with Crippen LogP contribution in [-0.2, 0) is 4.79 Å². The first-order valence-electron chi connectivity index (χ1n) is 4.85. The molecule has 0 amide bonds. The third-order valence-electron chi connectivity index (χ3n) is 1.89. The van der Waals surface area contributed by atoms with Gasteiger partial charge >= 0.3 is 6.18 Å². The van der Waals surface area contributed by atoms with Gasteiger partial charge in [0.05, 0.1) is 0 Å². The number of hydrogen-bond donors (Lipinski definition) is 0. The van der Waals surface area contributed by atoms with E-state index in [2.05, 4.69) is 21.0 Å². The molecule has 0 aliphatic carbocycles. The molecule has 3 nitrogen and oxygen atoms in total. The zero-order valence-corrected chi connectivity index (χ0v) is 11.2. The van der Waals surface area contributed by atoms with Crippen LogP contribution < -0.4 is 0 Å². The van der Waals surface area contributed by atoms with Crippen molar-refractivity contribution in [2.24, 2.45) is 5.10 Å². The highest BCUT2D eigenvalue weighted by atomic mass is 79.9. The lowest BCUT2D eigenvalue weighted by Gasteiger charge is -2.12. The molecule has 1 aromatic carbocycles. The quantitative estimate of drug-likeness (QED) is 0.633. The highest BCUT2D eigenvalue weighted by Gasteiger charge is 2.42. The maximum absolute atomic E-state index is 12.5. The maximum Gasteiger partial charge on any atom is 0.456 e. The van der Waals surface area contributed by atoms with Crippen molar-refractivity contribution in [2.45, 2.75) is 6.18 Å². The molecule has 1 aromatic rings. The van der Waals surface area contributed by atoms with Gasteiger partial charge in [-0.2, -0.15) is 18.3 Å². The lowest BCUT2D eigenvalue weighted by Crippen LogP contribution is -2.32. The smallest absolute Gasteiger partial charge is 0.302 e. The molecule has 18 heavy (non-hydrogen) atoms. The van der Waals surface area contributed by atoms with Gasteiger partial charge in [-0.15, -0.1) is 0 Å². The summed E-state index contributed by atoms with van der Waals surface area (Å²) in [5.74, 6) is -1.96. The van der Waals surface area contributed by atoms with Crippen molar-refractivity contribution >= 4 is 27.4 Å². The Balaban J connectivity index is 3.23. The lowest BCUT2D eigenvalue weighted by atomic mass is 10.1. The molecule has 0 heterocycles. The molecule has 0 aliphatic rings. The van der Waals surface area contributed by atoms with Crippen LogP contribution in [0.4, 0.5) is 13.2 Å². The molecule has 0 aliphatic heterocycles. The van der Waals surface area contributed by atoms with Crippen molar-refractivity contribution in [3.63, 3.8) is 0 Å². The second kappa shape index (κ2) is 5.51. The fraction of sp³-hybridized carbons (Fsp3) is 0.273. The van der Waals surface area contributed by atoms with Crippen LogP contribution in [0.15, 0.2) is 33.8 Å². The third-order valence-corrected chi connectivity index (χ3v) is 2.42. The fourth-order valence-electron chi connectivity index (χ4n) is 1.18. The summed E-state index contributed by atoms with van der Waals surface area (Å²) < 4.78 is 38.1. The Kier molecular flexibility index (Phi) is 4.50. The number of carbonyl (C=O) groups is 1. The number of carbonyl (C=O) groups excluding carboxylic acids is 1. The molecule has 0 radical (unpaired) electrons. The van der Waals surface area contributed by atoms with Gasteiger partial charge in [-0.3, -0.25) is 4.79 Å². The van der Waals surface area contributed by atoms with E-state index in [0.717, 1.165) is 5.01 Å². The van der Waals surface area contributed by atoms with E-state index < -0.39 is 17.7 Å². The SMILES string of the molecule is CN(C)N=C(C(=O)C(F)(F)F)c1ccc(Br)cc1. The summed E-state index contributed by atoms with van der Waals surface area (Å²) in [6.07, 6.45) is -4.94. The van der Waals surface area contributed by atoms with Crippen molar-refractivity contribution in [3.05, 3.63) is 34.3 Å². The predicted octanol–water partition coefficient (Wildman–Crippen LogP) is 2.85. The van der Waals surface area contributed by atoms with Crippen LogP contribution in [0, 0.1) is 0 Å².